The first-order valence-electron chi connectivity index (χ1n) is 18.3. The number of fused-ring (bicyclic) bond motifs is 1. The van der Waals surface area contributed by atoms with Gasteiger partial charge in [-0.05, 0) is 84.8 Å². The van der Waals surface area contributed by atoms with Crippen LogP contribution in [0.15, 0.2) is 90.1 Å². The number of nitrogen functional groups attached to an aromatic ring is 1. The highest BCUT2D eigenvalue weighted by Gasteiger charge is 2.39. The van der Waals surface area contributed by atoms with Crippen LogP contribution in [0.2, 0.25) is 5.02 Å². The Morgan fingerprint density at radius 1 is 0.982 bits per heavy atom. The van der Waals surface area contributed by atoms with Gasteiger partial charge >= 0.3 is 6.18 Å². The van der Waals surface area contributed by atoms with Gasteiger partial charge in [0.05, 0.1) is 42.3 Å². The molecule has 1 unspecified atom stereocenters. The van der Waals surface area contributed by atoms with E-state index in [9.17, 15) is 4.79 Å². The number of halogens is 4. The number of anilines is 2. The lowest BCUT2D eigenvalue weighted by molar-refractivity contribution is -0.137. The summed E-state index contributed by atoms with van der Waals surface area (Å²) in [5, 5.41) is 3.27. The van der Waals surface area contributed by atoms with E-state index in [1.165, 1.54) is 25.4 Å². The number of aromatic nitrogens is 4. The van der Waals surface area contributed by atoms with Crippen molar-refractivity contribution < 1.29 is 27.4 Å². The van der Waals surface area contributed by atoms with Gasteiger partial charge in [-0.1, -0.05) is 41.9 Å². The maximum atomic E-state index is 15.1. The number of aryl methyl sites for hydroxylation is 1. The topological polar surface area (TPSA) is 141 Å². The van der Waals surface area contributed by atoms with Crippen LogP contribution < -0.4 is 35.7 Å². The van der Waals surface area contributed by atoms with Gasteiger partial charge in [0.15, 0.2) is 5.75 Å². The maximum absolute atomic E-state index is 15.1. The van der Waals surface area contributed by atoms with Crippen molar-refractivity contribution >= 4 is 34.1 Å². The fraction of sp³-hybridized carbons (Fsp3) is 0.286. The molecule has 3 aromatic carbocycles. The number of hydrogen-bond donors (Lipinski definition) is 3. The van der Waals surface area contributed by atoms with Gasteiger partial charge in [0.1, 0.15) is 35.1 Å². The minimum absolute atomic E-state index is 0.00331. The molecule has 3 heterocycles. The van der Waals surface area contributed by atoms with Crippen molar-refractivity contribution in [2.24, 2.45) is 5.92 Å². The van der Waals surface area contributed by atoms with Crippen LogP contribution in [0.25, 0.3) is 22.2 Å². The Morgan fingerprint density at radius 3 is 2.21 bits per heavy atom. The van der Waals surface area contributed by atoms with Gasteiger partial charge in [-0.2, -0.15) is 13.2 Å². The van der Waals surface area contributed by atoms with Crippen LogP contribution in [0.5, 0.6) is 17.2 Å². The fourth-order valence-electron chi connectivity index (χ4n) is 6.99. The molecule has 15 heteroatoms. The Hall–Kier alpha value is -5.86. The summed E-state index contributed by atoms with van der Waals surface area (Å²) in [5.74, 6) is 2.30. The Kier molecular flexibility index (Phi) is 11.5. The molecule has 7 rings (SSSR count). The average molecular weight is 800 g/mol. The molecular weight excluding hydrogens is 759 g/mol. The monoisotopic (exact) mass is 799 g/mol. The van der Waals surface area contributed by atoms with E-state index >= 15 is 13.2 Å². The van der Waals surface area contributed by atoms with E-state index in [0.717, 1.165) is 29.5 Å². The molecule has 0 amide bonds. The third kappa shape index (κ3) is 8.76. The molecule has 6 aromatic rings. The number of hydrogen-bond acceptors (Lipinski definition) is 10. The first kappa shape index (κ1) is 39.4. The molecule has 1 aliphatic carbocycles. The Balaban J connectivity index is 1.29. The molecular formula is C42H41ClF3N7O4. The predicted octanol–water partition coefficient (Wildman–Crippen LogP) is 8.29. The SMILES string of the molecule is COc1ccc(CN(Cc2ccc(OC)cc2)c2cc(C)c(C(F)(F)F)c(-c3cc4nc[nH]c(=O)c4c(OCCNC(c4cccnc4N)C4CC4)c3Cl)n2)cc1. The zero-order valence-corrected chi connectivity index (χ0v) is 32.2. The van der Waals surface area contributed by atoms with Gasteiger partial charge in [0, 0.05) is 43.0 Å². The molecule has 0 saturated heterocycles. The molecule has 0 aliphatic heterocycles. The number of alkyl halides is 3. The van der Waals surface area contributed by atoms with E-state index in [1.54, 1.807) is 20.4 Å². The number of pyridine rings is 2. The Labute approximate surface area is 332 Å². The minimum atomic E-state index is -4.82. The third-order valence-corrected chi connectivity index (χ3v) is 10.3. The third-order valence-electron chi connectivity index (χ3n) is 9.97. The maximum Gasteiger partial charge on any atom is 0.418 e. The Morgan fingerprint density at radius 2 is 1.63 bits per heavy atom. The molecule has 0 radical (unpaired) electrons. The van der Waals surface area contributed by atoms with Crippen LogP contribution >= 0.6 is 11.6 Å². The first-order valence-corrected chi connectivity index (χ1v) is 18.7. The largest absolute Gasteiger partial charge is 0.497 e. The van der Waals surface area contributed by atoms with Crippen molar-refractivity contribution in [3.63, 3.8) is 0 Å². The molecule has 1 fully saturated rings. The van der Waals surface area contributed by atoms with Crippen molar-refractivity contribution in [1.29, 1.82) is 0 Å². The number of H-pyrrole nitrogens is 1. The summed E-state index contributed by atoms with van der Waals surface area (Å²) < 4.78 is 62.1. The highest BCUT2D eigenvalue weighted by molar-refractivity contribution is 6.36. The summed E-state index contributed by atoms with van der Waals surface area (Å²) >= 11 is 7.04. The molecule has 57 heavy (non-hydrogen) atoms. The molecule has 0 spiro atoms. The molecule has 3 aromatic heterocycles. The second-order valence-electron chi connectivity index (χ2n) is 13.9. The van der Waals surface area contributed by atoms with Gasteiger partial charge in [-0.25, -0.2) is 15.0 Å². The van der Waals surface area contributed by atoms with E-state index in [4.69, 9.17) is 36.5 Å². The number of aromatic amines is 1. The quantitative estimate of drug-likeness (QED) is 0.0870. The summed E-state index contributed by atoms with van der Waals surface area (Å²) in [6.45, 7) is 2.31. The van der Waals surface area contributed by atoms with Crippen molar-refractivity contribution in [3.05, 3.63) is 129 Å². The van der Waals surface area contributed by atoms with Crippen LogP contribution in [0.3, 0.4) is 0 Å². The van der Waals surface area contributed by atoms with E-state index in [2.05, 4.69) is 20.3 Å². The minimum Gasteiger partial charge on any atom is -0.497 e. The second kappa shape index (κ2) is 16.7. The van der Waals surface area contributed by atoms with Crippen LogP contribution in [-0.4, -0.2) is 47.3 Å². The second-order valence-corrected chi connectivity index (χ2v) is 14.2. The van der Waals surface area contributed by atoms with Crippen LogP contribution in [-0.2, 0) is 19.3 Å². The van der Waals surface area contributed by atoms with Crippen molar-refractivity contribution in [2.45, 2.75) is 45.1 Å². The molecule has 11 nitrogen and oxygen atoms in total. The van der Waals surface area contributed by atoms with Crippen molar-refractivity contribution in [3.8, 4) is 28.5 Å². The number of rotatable bonds is 15. The summed E-state index contributed by atoms with van der Waals surface area (Å²) in [6.07, 6.45) is 0.0389. The summed E-state index contributed by atoms with van der Waals surface area (Å²) in [5.41, 5.74) is 6.78. The number of benzene rings is 3. The molecule has 0 bridgehead atoms. The number of nitrogens with zero attached hydrogens (tertiary/aromatic N) is 4. The van der Waals surface area contributed by atoms with Crippen LogP contribution in [0.4, 0.5) is 24.8 Å². The lowest BCUT2D eigenvalue weighted by Gasteiger charge is -2.27. The molecule has 4 N–H and O–H groups in total. The van der Waals surface area contributed by atoms with Gasteiger partial charge in [0.25, 0.3) is 5.56 Å². The number of nitrogens with two attached hydrogens (primary N) is 1. The fourth-order valence-corrected chi connectivity index (χ4v) is 7.29. The normalized spacial score (nSPS) is 13.4. The summed E-state index contributed by atoms with van der Waals surface area (Å²) in [7, 11) is 3.15. The number of methoxy groups -OCH3 is 2. The first-order chi connectivity index (χ1) is 27.4. The lowest BCUT2D eigenvalue weighted by Crippen LogP contribution is -2.28. The van der Waals surface area contributed by atoms with Gasteiger partial charge in [0.2, 0.25) is 0 Å². The lowest BCUT2D eigenvalue weighted by atomic mass is 9.99. The zero-order valence-electron chi connectivity index (χ0n) is 31.5. The zero-order chi connectivity index (χ0) is 40.3. The van der Waals surface area contributed by atoms with Gasteiger partial charge < -0.3 is 35.1 Å². The number of ether oxygens (including phenoxy) is 3. The smallest absolute Gasteiger partial charge is 0.418 e. The molecule has 1 saturated carbocycles. The van der Waals surface area contributed by atoms with Crippen molar-refractivity contribution in [1.82, 2.24) is 25.3 Å². The van der Waals surface area contributed by atoms with E-state index in [-0.39, 0.29) is 51.3 Å². The van der Waals surface area contributed by atoms with Gasteiger partial charge in [-0.3, -0.25) is 4.79 Å². The highest BCUT2D eigenvalue weighted by Crippen LogP contribution is 2.46. The van der Waals surface area contributed by atoms with E-state index in [0.29, 0.717) is 42.9 Å². The number of nitrogens with one attached hydrogen (secondary N) is 2. The standard InChI is InChI=1S/C42H41ClF3N7O4/c1-24-19-33(53(21-25-6-12-28(55-2)13-7-25)22-26-8-14-29(56-3)15-9-26)52-38(35(24)42(44,45)46)31-20-32-34(41(54)51-23-50-32)39(36(31)43)57-18-17-48-37(27-10-11-27)30-5-4-16-49-40(30)47/h4-9,12-16,19-20,23,27,37,48H,10-11,17-18,21-22H2,1-3H3,(H2,47,49)(H,50,51,54). The van der Waals surface area contributed by atoms with E-state index in [1.807, 2.05) is 65.6 Å². The van der Waals surface area contributed by atoms with E-state index < -0.39 is 23.0 Å². The van der Waals surface area contributed by atoms with Crippen LogP contribution in [0.1, 0.15) is 46.7 Å². The predicted molar refractivity (Wildman–Crippen MR) is 214 cm³/mol. The van der Waals surface area contributed by atoms with Crippen molar-refractivity contribution in [2.75, 3.05) is 38.0 Å². The van der Waals surface area contributed by atoms with Crippen LogP contribution in [0, 0.1) is 12.8 Å². The Bertz CT molecular complexity index is 2370. The molecule has 1 aliphatic rings. The molecule has 296 valence electrons. The molecule has 1 atom stereocenters. The summed E-state index contributed by atoms with van der Waals surface area (Å²) in [4.78, 5) is 30.9. The highest BCUT2D eigenvalue weighted by atomic mass is 35.5. The summed E-state index contributed by atoms with van der Waals surface area (Å²) in [6, 6.07) is 21.3. The van der Waals surface area contributed by atoms with Gasteiger partial charge in [-0.15, -0.1) is 0 Å². The average Bonchev–Trinajstić information content (AvgIpc) is 4.04.